The number of anilines is 2. The molecule has 0 radical (unpaired) electrons. The van der Waals surface area contributed by atoms with Crippen molar-refractivity contribution in [3.05, 3.63) is 78.1 Å². The first-order chi connectivity index (χ1) is 13.2. The molecule has 3 heterocycles. The van der Waals surface area contributed by atoms with Gasteiger partial charge in [0.05, 0.1) is 21.8 Å². The lowest BCUT2D eigenvalue weighted by molar-refractivity contribution is 0.0995. The Bertz CT molecular complexity index is 1050. The molecule has 0 atom stereocenters. The van der Waals surface area contributed by atoms with Gasteiger partial charge in [0.15, 0.2) is 5.76 Å². The first-order valence-corrected chi connectivity index (χ1v) is 8.72. The van der Waals surface area contributed by atoms with Crippen LogP contribution in [0.25, 0.3) is 5.69 Å². The molecule has 0 aliphatic carbocycles. The number of hydrogen-bond acceptors (Lipinski definition) is 6. The van der Waals surface area contributed by atoms with Gasteiger partial charge in [-0.3, -0.25) is 9.59 Å². The number of furan rings is 1. The van der Waals surface area contributed by atoms with E-state index >= 15 is 0 Å². The van der Waals surface area contributed by atoms with Crippen molar-refractivity contribution in [3.8, 4) is 5.69 Å². The third-order valence-corrected chi connectivity index (χ3v) is 4.62. The van der Waals surface area contributed by atoms with E-state index in [2.05, 4.69) is 20.7 Å². The van der Waals surface area contributed by atoms with Gasteiger partial charge in [-0.05, 0) is 48.5 Å². The van der Waals surface area contributed by atoms with Gasteiger partial charge in [-0.2, -0.15) is 5.10 Å². The van der Waals surface area contributed by atoms with E-state index in [-0.39, 0.29) is 17.6 Å². The lowest BCUT2D eigenvalue weighted by Crippen LogP contribution is -2.10. The average molecular weight is 379 g/mol. The van der Waals surface area contributed by atoms with Crippen molar-refractivity contribution in [3.63, 3.8) is 0 Å². The van der Waals surface area contributed by atoms with Gasteiger partial charge in [0.25, 0.3) is 11.8 Å². The number of nitrogens with one attached hydrogen (secondary N) is 2. The molecule has 9 heteroatoms. The summed E-state index contributed by atoms with van der Waals surface area (Å²) in [6, 6.07) is 13.7. The van der Waals surface area contributed by atoms with Gasteiger partial charge >= 0.3 is 0 Å². The lowest BCUT2D eigenvalue weighted by atomic mass is 10.2. The minimum Gasteiger partial charge on any atom is -0.459 e. The minimum atomic E-state index is -0.363. The number of carbonyl (C=O) groups excluding carboxylic acids is 2. The van der Waals surface area contributed by atoms with E-state index in [1.54, 1.807) is 47.4 Å². The molecule has 3 aromatic heterocycles. The smallest absolute Gasteiger partial charge is 0.291 e. The summed E-state index contributed by atoms with van der Waals surface area (Å²) in [7, 11) is 0. The summed E-state index contributed by atoms with van der Waals surface area (Å²) in [5.41, 5.74) is 1.49. The van der Waals surface area contributed by atoms with Crippen LogP contribution in [0.15, 0.2) is 71.9 Å². The highest BCUT2D eigenvalue weighted by Gasteiger charge is 2.13. The summed E-state index contributed by atoms with van der Waals surface area (Å²) < 4.78 is 6.66. The lowest BCUT2D eigenvalue weighted by Gasteiger charge is -2.05. The summed E-state index contributed by atoms with van der Waals surface area (Å²) in [5, 5.41) is 10.1. The highest BCUT2D eigenvalue weighted by atomic mass is 32.1. The van der Waals surface area contributed by atoms with Crippen LogP contribution in [-0.4, -0.2) is 26.6 Å². The molecule has 0 spiro atoms. The molecule has 1 aromatic carbocycles. The van der Waals surface area contributed by atoms with Gasteiger partial charge in [0, 0.05) is 5.69 Å². The molecule has 0 aliphatic heterocycles. The monoisotopic (exact) mass is 379 g/mol. The zero-order valence-corrected chi connectivity index (χ0v) is 14.6. The van der Waals surface area contributed by atoms with Crippen molar-refractivity contribution in [2.75, 3.05) is 10.6 Å². The Morgan fingerprint density at radius 3 is 2.56 bits per heavy atom. The molecule has 0 fully saturated rings. The molecule has 0 saturated carbocycles. The fraction of sp³-hybridized carbons (Fsp3) is 0. The molecule has 4 aromatic rings. The highest BCUT2D eigenvalue weighted by molar-refractivity contribution is 7.18. The molecule has 2 N–H and O–H groups in total. The molecule has 8 nitrogen and oxygen atoms in total. The van der Waals surface area contributed by atoms with Gasteiger partial charge in [-0.25, -0.2) is 9.67 Å². The maximum Gasteiger partial charge on any atom is 0.291 e. The molecule has 27 heavy (non-hydrogen) atoms. The zero-order chi connectivity index (χ0) is 18.6. The predicted molar refractivity (Wildman–Crippen MR) is 100 cm³/mol. The molecule has 134 valence electrons. The molecule has 0 bridgehead atoms. The Labute approximate surface area is 157 Å². The van der Waals surface area contributed by atoms with Crippen molar-refractivity contribution >= 4 is 33.8 Å². The van der Waals surface area contributed by atoms with Crippen LogP contribution < -0.4 is 10.6 Å². The van der Waals surface area contributed by atoms with Crippen LogP contribution >= 0.6 is 11.3 Å². The van der Waals surface area contributed by atoms with E-state index in [1.165, 1.54) is 23.9 Å². The second-order valence-corrected chi connectivity index (χ2v) is 6.52. The summed E-state index contributed by atoms with van der Waals surface area (Å²) in [4.78, 5) is 28.7. The van der Waals surface area contributed by atoms with Crippen molar-refractivity contribution in [1.29, 1.82) is 0 Å². The second kappa shape index (κ2) is 7.26. The van der Waals surface area contributed by atoms with Crippen molar-refractivity contribution in [2.45, 2.75) is 0 Å². The number of carbonyl (C=O) groups is 2. The molecule has 0 aliphatic rings. The van der Waals surface area contributed by atoms with E-state index in [0.717, 1.165) is 5.69 Å². The Kier molecular flexibility index (Phi) is 4.50. The number of thiophene rings is 1. The van der Waals surface area contributed by atoms with Crippen LogP contribution in [0.4, 0.5) is 10.7 Å². The molecule has 4 rings (SSSR count). The fourth-order valence-electron chi connectivity index (χ4n) is 2.34. The number of nitrogens with zero attached hydrogens (tertiary/aromatic N) is 3. The Morgan fingerprint density at radius 2 is 1.85 bits per heavy atom. The van der Waals surface area contributed by atoms with Gasteiger partial charge in [-0.1, -0.05) is 0 Å². The summed E-state index contributed by atoms with van der Waals surface area (Å²) >= 11 is 1.18. The topological polar surface area (TPSA) is 102 Å². The minimum absolute atomic E-state index is 0.210. The average Bonchev–Trinajstić information content (AvgIpc) is 3.44. The van der Waals surface area contributed by atoms with Crippen LogP contribution in [0, 0.1) is 0 Å². The molecule has 0 saturated heterocycles. The van der Waals surface area contributed by atoms with Crippen LogP contribution in [0.1, 0.15) is 20.2 Å². The SMILES string of the molecule is O=C(Nc1ccc(C(=O)Nc2ccc(-n3cncn3)cc2)s1)c1ccco1. The number of rotatable bonds is 5. The van der Waals surface area contributed by atoms with Crippen molar-refractivity contribution in [1.82, 2.24) is 14.8 Å². The summed E-state index contributed by atoms with van der Waals surface area (Å²) in [6.07, 6.45) is 4.48. The van der Waals surface area contributed by atoms with Gasteiger partial charge in [0.1, 0.15) is 12.7 Å². The van der Waals surface area contributed by atoms with Crippen molar-refractivity contribution < 1.29 is 14.0 Å². The quantitative estimate of drug-likeness (QED) is 0.553. The number of amides is 2. The fourth-order valence-corrected chi connectivity index (χ4v) is 3.14. The van der Waals surface area contributed by atoms with E-state index in [4.69, 9.17) is 4.42 Å². The Balaban J connectivity index is 1.40. The van der Waals surface area contributed by atoms with Gasteiger partial charge in [0.2, 0.25) is 0 Å². The number of aromatic nitrogens is 3. The third kappa shape index (κ3) is 3.77. The second-order valence-electron chi connectivity index (χ2n) is 5.44. The molecule has 2 amide bonds. The van der Waals surface area contributed by atoms with Crippen LogP contribution in [0.2, 0.25) is 0 Å². The predicted octanol–water partition coefficient (Wildman–Crippen LogP) is 3.43. The first-order valence-electron chi connectivity index (χ1n) is 7.90. The Hall–Kier alpha value is -3.72. The summed E-state index contributed by atoms with van der Waals surface area (Å²) in [5.74, 6) is -0.411. The van der Waals surface area contributed by atoms with E-state index in [0.29, 0.717) is 15.6 Å². The first kappa shape index (κ1) is 16.7. The highest BCUT2D eigenvalue weighted by Crippen LogP contribution is 2.24. The number of hydrogen-bond donors (Lipinski definition) is 2. The van der Waals surface area contributed by atoms with Crippen LogP contribution in [0.3, 0.4) is 0 Å². The number of benzene rings is 1. The van der Waals surface area contributed by atoms with E-state index in [9.17, 15) is 9.59 Å². The van der Waals surface area contributed by atoms with E-state index < -0.39 is 0 Å². The zero-order valence-electron chi connectivity index (χ0n) is 13.8. The Morgan fingerprint density at radius 1 is 1.00 bits per heavy atom. The van der Waals surface area contributed by atoms with Crippen LogP contribution in [-0.2, 0) is 0 Å². The maximum atomic E-state index is 12.4. The standard InChI is InChI=1S/C18H13N5O3S/c24-17(14-2-1-9-26-14)22-16-8-7-15(27-16)18(25)21-12-3-5-13(6-4-12)23-11-19-10-20-23/h1-11H,(H,21,25)(H,22,24). The molecule has 0 unspecified atom stereocenters. The van der Waals surface area contributed by atoms with Crippen molar-refractivity contribution in [2.24, 2.45) is 0 Å². The van der Waals surface area contributed by atoms with Gasteiger partial charge in [-0.15, -0.1) is 11.3 Å². The van der Waals surface area contributed by atoms with E-state index in [1.807, 2.05) is 12.1 Å². The molecular weight excluding hydrogens is 366 g/mol. The van der Waals surface area contributed by atoms with Gasteiger partial charge < -0.3 is 15.1 Å². The third-order valence-electron chi connectivity index (χ3n) is 3.62. The molecular formula is C18H13N5O3S. The summed E-state index contributed by atoms with van der Waals surface area (Å²) in [6.45, 7) is 0. The van der Waals surface area contributed by atoms with Crippen LogP contribution in [0.5, 0.6) is 0 Å². The maximum absolute atomic E-state index is 12.4. The normalized spacial score (nSPS) is 10.5. The largest absolute Gasteiger partial charge is 0.459 e.